The lowest BCUT2D eigenvalue weighted by Gasteiger charge is -2.10. The first-order valence-electron chi connectivity index (χ1n) is 7.84. The van der Waals surface area contributed by atoms with Gasteiger partial charge in [0.15, 0.2) is 4.47 Å². The molecule has 0 atom stereocenters. The standard InChI is InChI=1S/C19H18ClN3OS/c1-12-6-7-17(13(2)8-12)23-18(24)14-4-3-5-15(9-14)21-10-16-11-22-19(20)25-16/h3-9,11,21H,10H2,1-2H3,(H,23,24). The maximum atomic E-state index is 12.5. The van der Waals surface area contributed by atoms with Crippen LogP contribution in [0.3, 0.4) is 0 Å². The third-order valence-corrected chi connectivity index (χ3v) is 4.86. The molecule has 4 nitrogen and oxygen atoms in total. The fraction of sp³-hybridized carbons (Fsp3) is 0.158. The highest BCUT2D eigenvalue weighted by Crippen LogP contribution is 2.21. The van der Waals surface area contributed by atoms with Crippen LogP contribution >= 0.6 is 22.9 Å². The van der Waals surface area contributed by atoms with Crippen LogP contribution in [-0.2, 0) is 6.54 Å². The predicted molar refractivity (Wildman–Crippen MR) is 105 cm³/mol. The van der Waals surface area contributed by atoms with Crippen LogP contribution in [-0.4, -0.2) is 10.9 Å². The van der Waals surface area contributed by atoms with Gasteiger partial charge in [-0.25, -0.2) is 4.98 Å². The van der Waals surface area contributed by atoms with Gasteiger partial charge >= 0.3 is 0 Å². The molecule has 6 heteroatoms. The number of carbonyl (C=O) groups excluding carboxylic acids is 1. The minimum atomic E-state index is -0.128. The van der Waals surface area contributed by atoms with Gasteiger partial charge in [-0.3, -0.25) is 4.79 Å². The molecule has 0 aliphatic heterocycles. The lowest BCUT2D eigenvalue weighted by Crippen LogP contribution is -2.13. The Morgan fingerprint density at radius 1 is 1.20 bits per heavy atom. The summed E-state index contributed by atoms with van der Waals surface area (Å²) in [5.41, 5.74) is 4.52. The molecule has 0 radical (unpaired) electrons. The highest BCUT2D eigenvalue weighted by molar-refractivity contribution is 7.15. The summed E-state index contributed by atoms with van der Waals surface area (Å²) in [6.45, 7) is 4.64. The molecule has 25 heavy (non-hydrogen) atoms. The number of aryl methyl sites for hydroxylation is 2. The van der Waals surface area contributed by atoms with E-state index in [1.165, 1.54) is 16.9 Å². The Kier molecular flexibility index (Phi) is 5.36. The minimum absolute atomic E-state index is 0.128. The number of benzene rings is 2. The maximum absolute atomic E-state index is 12.5. The zero-order valence-electron chi connectivity index (χ0n) is 14.0. The molecule has 2 aromatic carbocycles. The number of nitrogens with zero attached hydrogens (tertiary/aromatic N) is 1. The van der Waals surface area contributed by atoms with Crippen LogP contribution in [0.25, 0.3) is 0 Å². The van der Waals surface area contributed by atoms with E-state index in [9.17, 15) is 4.79 Å². The van der Waals surface area contributed by atoms with Crippen molar-refractivity contribution in [2.75, 3.05) is 10.6 Å². The number of anilines is 2. The quantitative estimate of drug-likeness (QED) is 0.641. The van der Waals surface area contributed by atoms with E-state index >= 15 is 0 Å². The lowest BCUT2D eigenvalue weighted by molar-refractivity contribution is 0.102. The third kappa shape index (κ3) is 4.59. The maximum Gasteiger partial charge on any atom is 0.255 e. The van der Waals surface area contributed by atoms with E-state index in [2.05, 4.69) is 15.6 Å². The number of hydrogen-bond donors (Lipinski definition) is 2. The van der Waals surface area contributed by atoms with Gasteiger partial charge in [-0.05, 0) is 43.7 Å². The summed E-state index contributed by atoms with van der Waals surface area (Å²) in [5, 5.41) is 6.25. The van der Waals surface area contributed by atoms with Gasteiger partial charge in [0.25, 0.3) is 5.91 Å². The van der Waals surface area contributed by atoms with Gasteiger partial charge in [0, 0.05) is 28.0 Å². The number of halogens is 1. The normalized spacial score (nSPS) is 10.5. The molecule has 0 fully saturated rings. The van der Waals surface area contributed by atoms with Crippen molar-refractivity contribution < 1.29 is 4.79 Å². The van der Waals surface area contributed by atoms with Gasteiger partial charge < -0.3 is 10.6 Å². The predicted octanol–water partition coefficient (Wildman–Crippen LogP) is 5.28. The molecule has 1 heterocycles. The van der Waals surface area contributed by atoms with Crippen LogP contribution in [0, 0.1) is 13.8 Å². The zero-order valence-corrected chi connectivity index (χ0v) is 15.5. The summed E-state index contributed by atoms with van der Waals surface area (Å²) >= 11 is 7.27. The Bertz CT molecular complexity index is 907. The Labute approximate surface area is 155 Å². The van der Waals surface area contributed by atoms with E-state index in [0.29, 0.717) is 16.6 Å². The number of amides is 1. The molecule has 3 rings (SSSR count). The van der Waals surface area contributed by atoms with E-state index in [4.69, 9.17) is 11.6 Å². The highest BCUT2D eigenvalue weighted by atomic mass is 35.5. The average molecular weight is 372 g/mol. The number of nitrogens with one attached hydrogen (secondary N) is 2. The molecule has 0 saturated carbocycles. The molecular formula is C19H18ClN3OS. The van der Waals surface area contributed by atoms with Crippen LogP contribution in [0.15, 0.2) is 48.7 Å². The van der Waals surface area contributed by atoms with Crippen molar-refractivity contribution in [3.63, 3.8) is 0 Å². The van der Waals surface area contributed by atoms with Gasteiger partial charge in [-0.15, -0.1) is 11.3 Å². The Hall–Kier alpha value is -2.37. The summed E-state index contributed by atoms with van der Waals surface area (Å²) in [4.78, 5) is 17.6. The van der Waals surface area contributed by atoms with Crippen molar-refractivity contribution >= 4 is 40.2 Å². The monoisotopic (exact) mass is 371 g/mol. The minimum Gasteiger partial charge on any atom is -0.380 e. The summed E-state index contributed by atoms with van der Waals surface area (Å²) in [5.74, 6) is -0.128. The summed E-state index contributed by atoms with van der Waals surface area (Å²) in [6.07, 6.45) is 1.75. The third-order valence-electron chi connectivity index (χ3n) is 3.75. The molecule has 0 bridgehead atoms. The second-order valence-corrected chi connectivity index (χ2v) is 7.48. The lowest BCUT2D eigenvalue weighted by atomic mass is 10.1. The Morgan fingerprint density at radius 2 is 2.04 bits per heavy atom. The average Bonchev–Trinajstić information content (AvgIpc) is 3.01. The van der Waals surface area contributed by atoms with Crippen LogP contribution in [0.2, 0.25) is 4.47 Å². The van der Waals surface area contributed by atoms with E-state index in [0.717, 1.165) is 21.8 Å². The summed E-state index contributed by atoms with van der Waals surface area (Å²) < 4.78 is 0.526. The first-order chi connectivity index (χ1) is 12.0. The van der Waals surface area contributed by atoms with E-state index in [1.807, 2.05) is 50.2 Å². The zero-order chi connectivity index (χ0) is 17.8. The number of thiazole rings is 1. The van der Waals surface area contributed by atoms with Crippen molar-refractivity contribution in [3.05, 3.63) is 74.7 Å². The van der Waals surface area contributed by atoms with Crippen LogP contribution in [0.1, 0.15) is 26.4 Å². The first kappa shape index (κ1) is 17.5. The van der Waals surface area contributed by atoms with Crippen LogP contribution < -0.4 is 10.6 Å². The van der Waals surface area contributed by atoms with Crippen molar-refractivity contribution in [1.82, 2.24) is 4.98 Å². The second kappa shape index (κ2) is 7.68. The Morgan fingerprint density at radius 3 is 2.76 bits per heavy atom. The van der Waals surface area contributed by atoms with E-state index in [1.54, 1.807) is 12.3 Å². The van der Waals surface area contributed by atoms with Crippen molar-refractivity contribution in [1.29, 1.82) is 0 Å². The van der Waals surface area contributed by atoms with Gasteiger partial charge in [-0.2, -0.15) is 0 Å². The van der Waals surface area contributed by atoms with Crippen LogP contribution in [0.5, 0.6) is 0 Å². The molecule has 1 amide bonds. The molecule has 0 spiro atoms. The topological polar surface area (TPSA) is 54.0 Å². The van der Waals surface area contributed by atoms with E-state index < -0.39 is 0 Å². The molecule has 0 saturated heterocycles. The molecule has 0 aliphatic carbocycles. The molecule has 128 valence electrons. The molecule has 0 unspecified atom stereocenters. The fourth-order valence-corrected chi connectivity index (χ4v) is 3.39. The molecule has 1 aromatic heterocycles. The molecule has 2 N–H and O–H groups in total. The van der Waals surface area contributed by atoms with Crippen molar-refractivity contribution in [2.24, 2.45) is 0 Å². The number of rotatable bonds is 5. The van der Waals surface area contributed by atoms with Gasteiger partial charge in [-0.1, -0.05) is 35.4 Å². The van der Waals surface area contributed by atoms with Gasteiger partial charge in [0.05, 0.1) is 6.54 Å². The molecule has 0 aliphatic rings. The SMILES string of the molecule is Cc1ccc(NC(=O)c2cccc(NCc3cnc(Cl)s3)c2)c(C)c1. The van der Waals surface area contributed by atoms with Crippen molar-refractivity contribution in [2.45, 2.75) is 20.4 Å². The number of aromatic nitrogens is 1. The number of hydrogen-bond acceptors (Lipinski definition) is 4. The van der Waals surface area contributed by atoms with Gasteiger partial charge in [0.1, 0.15) is 0 Å². The summed E-state index contributed by atoms with van der Waals surface area (Å²) in [6, 6.07) is 13.4. The van der Waals surface area contributed by atoms with Gasteiger partial charge in [0.2, 0.25) is 0 Å². The molecular weight excluding hydrogens is 354 g/mol. The largest absolute Gasteiger partial charge is 0.380 e. The second-order valence-electron chi connectivity index (χ2n) is 5.79. The molecule has 3 aromatic rings. The fourth-order valence-electron chi connectivity index (χ4n) is 2.47. The van der Waals surface area contributed by atoms with Crippen LogP contribution in [0.4, 0.5) is 11.4 Å². The van der Waals surface area contributed by atoms with Crippen molar-refractivity contribution in [3.8, 4) is 0 Å². The Balaban J connectivity index is 1.68. The van der Waals surface area contributed by atoms with E-state index in [-0.39, 0.29) is 5.91 Å². The first-order valence-corrected chi connectivity index (χ1v) is 9.03. The smallest absolute Gasteiger partial charge is 0.255 e. The summed E-state index contributed by atoms with van der Waals surface area (Å²) in [7, 11) is 0. The highest BCUT2D eigenvalue weighted by Gasteiger charge is 2.09. The number of carbonyl (C=O) groups is 1.